The number of carbonyl (C=O) groups is 1. The molecule has 0 atom stereocenters. The van der Waals surface area contributed by atoms with Crippen LogP contribution in [0.5, 0.6) is 0 Å². The molecule has 0 heterocycles. The van der Waals surface area contributed by atoms with Crippen LogP contribution in [0.2, 0.25) is 0 Å². The van der Waals surface area contributed by atoms with Gasteiger partial charge in [0, 0.05) is 0 Å². The molecule has 2 aromatic carbocycles. The first kappa shape index (κ1) is 19.1. The first-order valence-corrected chi connectivity index (χ1v) is 11.3. The summed E-state index contributed by atoms with van der Waals surface area (Å²) in [7, 11) is 0. The number of hydrogen-bond acceptors (Lipinski definition) is 2. The maximum atomic E-state index is 13.0. The maximum absolute atomic E-state index is 13.0. The van der Waals surface area contributed by atoms with Crippen LogP contribution in [-0.4, -0.2) is 10.4 Å². The number of benzene rings is 2. The molecule has 4 heteroatoms. The van der Waals surface area contributed by atoms with Crippen molar-refractivity contribution in [1.82, 2.24) is 0 Å². The first-order valence-electron chi connectivity index (χ1n) is 8.13. The number of carbonyl (C=O) groups excluding carboxylic acids is 1. The SMILES string of the molecule is Cc1cc(C)c(C[PH](O)(Cl)C(=O)c2c(C)cc(C)cc2C)c(C)c1. The van der Waals surface area contributed by atoms with Gasteiger partial charge in [0.15, 0.2) is 0 Å². The normalized spacial score (nSPS) is 12.3. The molecule has 0 aliphatic rings. The van der Waals surface area contributed by atoms with E-state index in [9.17, 15) is 9.69 Å². The van der Waals surface area contributed by atoms with E-state index in [1.165, 1.54) is 5.56 Å². The monoisotopic (exact) mass is 364 g/mol. The Morgan fingerprint density at radius 3 is 1.67 bits per heavy atom. The van der Waals surface area contributed by atoms with Gasteiger partial charge in [-0.05, 0) is 0 Å². The Hall–Kier alpha value is -1.21. The molecule has 0 saturated heterocycles. The van der Waals surface area contributed by atoms with Gasteiger partial charge < -0.3 is 0 Å². The second-order valence-corrected chi connectivity index (χ2v) is 11.1. The summed E-state index contributed by atoms with van der Waals surface area (Å²) >= 11 is 6.47. The fourth-order valence-corrected chi connectivity index (χ4v) is 6.18. The Morgan fingerprint density at radius 1 is 0.875 bits per heavy atom. The molecule has 0 aliphatic carbocycles. The zero-order chi connectivity index (χ0) is 18.2. The summed E-state index contributed by atoms with van der Waals surface area (Å²) in [6.45, 7) is 8.23. The van der Waals surface area contributed by atoms with Gasteiger partial charge in [0.25, 0.3) is 0 Å². The molecule has 0 aliphatic heterocycles. The molecule has 0 amide bonds. The van der Waals surface area contributed by atoms with Crippen LogP contribution in [0.15, 0.2) is 24.3 Å². The van der Waals surface area contributed by atoms with E-state index < -0.39 is 6.84 Å². The molecule has 24 heavy (non-hydrogen) atoms. The van der Waals surface area contributed by atoms with E-state index in [1.54, 1.807) is 0 Å². The van der Waals surface area contributed by atoms with Gasteiger partial charge in [-0.15, -0.1) is 0 Å². The van der Waals surface area contributed by atoms with Crippen molar-refractivity contribution in [2.45, 2.75) is 47.7 Å². The Bertz CT molecular complexity index is 763. The van der Waals surface area contributed by atoms with E-state index in [1.807, 2.05) is 53.7 Å². The van der Waals surface area contributed by atoms with Gasteiger partial charge in [0.05, 0.1) is 0 Å². The molecule has 2 rings (SSSR count). The third kappa shape index (κ3) is 3.88. The Kier molecular flexibility index (Phi) is 5.54. The van der Waals surface area contributed by atoms with Crippen molar-refractivity contribution in [3.63, 3.8) is 0 Å². The molecular formula is C20H26ClO2P. The van der Waals surface area contributed by atoms with E-state index in [0.717, 1.165) is 33.4 Å². The van der Waals surface area contributed by atoms with Crippen LogP contribution < -0.4 is 0 Å². The summed E-state index contributed by atoms with van der Waals surface area (Å²) in [5.74, 6) is 0. The number of aryl methyl sites for hydroxylation is 6. The van der Waals surface area contributed by atoms with Gasteiger partial charge >= 0.3 is 150 Å². The van der Waals surface area contributed by atoms with Crippen molar-refractivity contribution in [1.29, 1.82) is 0 Å². The molecule has 0 saturated carbocycles. The van der Waals surface area contributed by atoms with E-state index in [-0.39, 0.29) is 11.7 Å². The van der Waals surface area contributed by atoms with Gasteiger partial charge in [-0.3, -0.25) is 0 Å². The molecule has 0 aromatic heterocycles. The second-order valence-electron chi connectivity index (χ2n) is 6.92. The zero-order valence-electron chi connectivity index (χ0n) is 15.2. The van der Waals surface area contributed by atoms with E-state index >= 15 is 0 Å². The van der Waals surface area contributed by atoms with Gasteiger partial charge in [0.2, 0.25) is 0 Å². The van der Waals surface area contributed by atoms with Crippen molar-refractivity contribution in [3.05, 3.63) is 68.8 Å². The molecule has 0 spiro atoms. The van der Waals surface area contributed by atoms with Gasteiger partial charge in [-0.2, -0.15) is 0 Å². The van der Waals surface area contributed by atoms with Crippen molar-refractivity contribution in [3.8, 4) is 0 Å². The van der Waals surface area contributed by atoms with Crippen molar-refractivity contribution >= 4 is 23.6 Å². The summed E-state index contributed by atoms with van der Waals surface area (Å²) in [5.41, 5.74) is 7.44. The van der Waals surface area contributed by atoms with Gasteiger partial charge in [0.1, 0.15) is 0 Å². The van der Waals surface area contributed by atoms with E-state index in [2.05, 4.69) is 12.1 Å². The minimum absolute atomic E-state index is 0.234. The topological polar surface area (TPSA) is 37.3 Å². The van der Waals surface area contributed by atoms with Crippen molar-refractivity contribution in [2.24, 2.45) is 0 Å². The molecule has 2 aromatic rings. The fraction of sp³-hybridized carbons (Fsp3) is 0.350. The zero-order valence-corrected chi connectivity index (χ0v) is 17.0. The average Bonchev–Trinajstić information content (AvgIpc) is 2.41. The van der Waals surface area contributed by atoms with Crippen LogP contribution in [0, 0.1) is 41.5 Å². The molecule has 0 radical (unpaired) electrons. The third-order valence-electron chi connectivity index (χ3n) is 4.50. The van der Waals surface area contributed by atoms with Crippen LogP contribution in [-0.2, 0) is 6.16 Å². The minimum atomic E-state index is -3.62. The predicted molar refractivity (Wildman–Crippen MR) is 106 cm³/mol. The van der Waals surface area contributed by atoms with Crippen LogP contribution in [0.3, 0.4) is 0 Å². The molecule has 0 unspecified atom stereocenters. The van der Waals surface area contributed by atoms with Crippen LogP contribution in [0.25, 0.3) is 0 Å². The average molecular weight is 365 g/mol. The quantitative estimate of drug-likeness (QED) is 0.708. The molecule has 0 fully saturated rings. The summed E-state index contributed by atoms with van der Waals surface area (Å²) in [6.07, 6.45) is 0.234. The predicted octanol–water partition coefficient (Wildman–Crippen LogP) is 5.69. The fourth-order valence-electron chi connectivity index (χ4n) is 3.53. The number of halogens is 1. The molecule has 0 bridgehead atoms. The number of hydrogen-bond donors (Lipinski definition) is 1. The van der Waals surface area contributed by atoms with Crippen LogP contribution in [0.1, 0.15) is 49.3 Å². The Labute approximate surface area is 150 Å². The van der Waals surface area contributed by atoms with E-state index in [4.69, 9.17) is 11.2 Å². The first-order chi connectivity index (χ1) is 11.0. The molecule has 2 nitrogen and oxygen atoms in total. The van der Waals surface area contributed by atoms with Crippen LogP contribution in [0.4, 0.5) is 0 Å². The Morgan fingerprint density at radius 2 is 1.25 bits per heavy atom. The van der Waals surface area contributed by atoms with E-state index in [0.29, 0.717) is 5.56 Å². The molecule has 130 valence electrons. The summed E-state index contributed by atoms with van der Waals surface area (Å²) in [4.78, 5) is 23.9. The third-order valence-corrected chi connectivity index (χ3v) is 7.19. The molecule has 1 N–H and O–H groups in total. The Balaban J connectivity index is 2.43. The molecular weight excluding hydrogens is 339 g/mol. The van der Waals surface area contributed by atoms with Gasteiger partial charge in [-0.25, -0.2) is 0 Å². The van der Waals surface area contributed by atoms with Gasteiger partial charge in [-0.1, -0.05) is 0 Å². The summed E-state index contributed by atoms with van der Waals surface area (Å²) in [6, 6.07) is 8.06. The summed E-state index contributed by atoms with van der Waals surface area (Å²) in [5, 5.41) is 0. The summed E-state index contributed by atoms with van der Waals surface area (Å²) < 4.78 is 0. The van der Waals surface area contributed by atoms with Crippen LogP contribution >= 0.6 is 18.1 Å². The second kappa shape index (κ2) is 6.96. The standard InChI is InChI=1S/C20H26ClO2P/c1-12-7-14(3)18(15(4)8-12)11-24(21,23)20(22)19-16(5)9-13(2)10-17(19)6/h7-10,23-24H,11H2,1-6H3. The van der Waals surface area contributed by atoms with Crippen molar-refractivity contribution < 1.29 is 9.69 Å². The number of rotatable bonds is 4. The van der Waals surface area contributed by atoms with Crippen molar-refractivity contribution in [2.75, 3.05) is 0 Å².